The van der Waals surface area contributed by atoms with E-state index in [1.807, 2.05) is 25.1 Å². The van der Waals surface area contributed by atoms with Gasteiger partial charge in [-0.15, -0.1) is 0 Å². The molecule has 0 spiro atoms. The topological polar surface area (TPSA) is 60.0 Å². The summed E-state index contributed by atoms with van der Waals surface area (Å²) in [7, 11) is 1.79. The quantitative estimate of drug-likeness (QED) is 0.858. The minimum atomic E-state index is -0.152. The number of urea groups is 1. The van der Waals surface area contributed by atoms with Crippen molar-refractivity contribution >= 4 is 11.7 Å². The lowest BCUT2D eigenvalue weighted by Gasteiger charge is -2.22. The Morgan fingerprint density at radius 1 is 1.24 bits per heavy atom. The number of hydrogen-bond acceptors (Lipinski definition) is 4. The Hall–Kier alpha value is -1.79. The van der Waals surface area contributed by atoms with Crippen molar-refractivity contribution < 1.29 is 19.0 Å². The van der Waals surface area contributed by atoms with Crippen molar-refractivity contribution in [2.45, 2.75) is 44.8 Å². The first kappa shape index (κ1) is 18.0. The lowest BCUT2D eigenvalue weighted by molar-refractivity contribution is 0.0681. The van der Waals surface area contributed by atoms with E-state index in [0.717, 1.165) is 44.5 Å². The van der Waals surface area contributed by atoms with Gasteiger partial charge in [0.1, 0.15) is 12.4 Å². The van der Waals surface area contributed by atoms with Crippen LogP contribution in [0.4, 0.5) is 10.5 Å². The first-order valence-corrected chi connectivity index (χ1v) is 9.10. The molecule has 1 aromatic rings. The molecule has 6 heteroatoms. The van der Waals surface area contributed by atoms with Gasteiger partial charge in [0.05, 0.1) is 17.9 Å². The molecule has 6 nitrogen and oxygen atoms in total. The Morgan fingerprint density at radius 2 is 1.96 bits per heavy atom. The lowest BCUT2D eigenvalue weighted by Crippen LogP contribution is -2.37. The maximum atomic E-state index is 12.5. The molecular formula is C19H28N2O4. The number of amides is 2. The van der Waals surface area contributed by atoms with Crippen LogP contribution in [0.5, 0.6) is 5.75 Å². The Kier molecular flexibility index (Phi) is 6.15. The molecule has 25 heavy (non-hydrogen) atoms. The molecule has 0 radical (unpaired) electrons. The molecule has 2 aliphatic rings. The van der Waals surface area contributed by atoms with Crippen LogP contribution < -0.4 is 10.1 Å². The predicted molar refractivity (Wildman–Crippen MR) is 96.3 cm³/mol. The van der Waals surface area contributed by atoms with Gasteiger partial charge in [0.25, 0.3) is 0 Å². The van der Waals surface area contributed by atoms with Crippen molar-refractivity contribution in [2.75, 3.05) is 38.7 Å². The van der Waals surface area contributed by atoms with Gasteiger partial charge >= 0.3 is 6.03 Å². The monoisotopic (exact) mass is 348 g/mol. The molecule has 1 N–H and O–H groups in total. The summed E-state index contributed by atoms with van der Waals surface area (Å²) in [6.07, 6.45) is 4.48. The van der Waals surface area contributed by atoms with Crippen LogP contribution in [-0.4, -0.2) is 56.6 Å². The second-order valence-corrected chi connectivity index (χ2v) is 6.89. The summed E-state index contributed by atoms with van der Waals surface area (Å²) < 4.78 is 17.1. The Labute approximate surface area is 149 Å². The van der Waals surface area contributed by atoms with Gasteiger partial charge in [0.2, 0.25) is 0 Å². The summed E-state index contributed by atoms with van der Waals surface area (Å²) in [6.45, 7) is 4.72. The van der Waals surface area contributed by atoms with E-state index in [9.17, 15) is 4.79 Å². The molecule has 2 heterocycles. The number of carbonyl (C=O) groups excluding carboxylic acids is 1. The zero-order valence-corrected chi connectivity index (χ0v) is 15.1. The summed E-state index contributed by atoms with van der Waals surface area (Å²) >= 11 is 0. The Morgan fingerprint density at radius 3 is 2.64 bits per heavy atom. The SMILES string of the molecule is Cc1ccc(NC(=O)N(C)C[C@H]2CCCO2)c(OC[C@H]2CCCO2)c1. The van der Waals surface area contributed by atoms with Crippen molar-refractivity contribution in [3.8, 4) is 5.75 Å². The maximum absolute atomic E-state index is 12.5. The number of carbonyl (C=O) groups is 1. The van der Waals surface area contributed by atoms with E-state index in [2.05, 4.69) is 5.32 Å². The van der Waals surface area contributed by atoms with E-state index in [4.69, 9.17) is 14.2 Å². The van der Waals surface area contributed by atoms with Crippen LogP contribution in [-0.2, 0) is 9.47 Å². The number of ether oxygens (including phenoxy) is 3. The number of aryl methyl sites for hydroxylation is 1. The molecule has 2 saturated heterocycles. The van der Waals surface area contributed by atoms with Gasteiger partial charge in [-0.1, -0.05) is 6.07 Å². The zero-order valence-electron chi connectivity index (χ0n) is 15.1. The predicted octanol–water partition coefficient (Wildman–Crippen LogP) is 3.20. The van der Waals surface area contributed by atoms with E-state index >= 15 is 0 Å². The van der Waals surface area contributed by atoms with Crippen molar-refractivity contribution in [3.63, 3.8) is 0 Å². The smallest absolute Gasteiger partial charge is 0.321 e. The largest absolute Gasteiger partial charge is 0.489 e. The van der Waals surface area contributed by atoms with Gasteiger partial charge in [-0.3, -0.25) is 0 Å². The molecule has 1 aromatic carbocycles. The fourth-order valence-electron chi connectivity index (χ4n) is 3.20. The van der Waals surface area contributed by atoms with Gasteiger partial charge in [-0.2, -0.15) is 0 Å². The summed E-state index contributed by atoms with van der Waals surface area (Å²) in [5.41, 5.74) is 1.78. The average Bonchev–Trinajstić information content (AvgIpc) is 3.28. The molecule has 138 valence electrons. The van der Waals surface area contributed by atoms with E-state index in [1.54, 1.807) is 11.9 Å². The molecule has 0 saturated carbocycles. The molecule has 2 atom stereocenters. The van der Waals surface area contributed by atoms with Crippen LogP contribution >= 0.6 is 0 Å². The highest BCUT2D eigenvalue weighted by atomic mass is 16.5. The van der Waals surface area contributed by atoms with E-state index in [1.165, 1.54) is 0 Å². The Balaban J connectivity index is 1.58. The highest BCUT2D eigenvalue weighted by molar-refractivity contribution is 5.90. The van der Waals surface area contributed by atoms with Crippen LogP contribution in [0.2, 0.25) is 0 Å². The number of benzene rings is 1. The summed E-state index contributed by atoms with van der Waals surface area (Å²) in [5.74, 6) is 0.689. The number of hydrogen-bond donors (Lipinski definition) is 1. The fraction of sp³-hybridized carbons (Fsp3) is 0.632. The van der Waals surface area contributed by atoms with Crippen molar-refractivity contribution in [1.29, 1.82) is 0 Å². The van der Waals surface area contributed by atoms with Crippen LogP contribution in [0.1, 0.15) is 31.2 Å². The normalized spacial score (nSPS) is 22.8. The second-order valence-electron chi connectivity index (χ2n) is 6.89. The molecule has 2 fully saturated rings. The molecule has 0 aromatic heterocycles. The highest BCUT2D eigenvalue weighted by Gasteiger charge is 2.21. The number of anilines is 1. The van der Waals surface area contributed by atoms with Gasteiger partial charge in [0, 0.05) is 26.8 Å². The highest BCUT2D eigenvalue weighted by Crippen LogP contribution is 2.27. The van der Waals surface area contributed by atoms with Gasteiger partial charge < -0.3 is 24.4 Å². The van der Waals surface area contributed by atoms with E-state index in [-0.39, 0.29) is 18.2 Å². The second kappa shape index (κ2) is 8.54. The molecule has 0 unspecified atom stereocenters. The molecule has 0 aliphatic carbocycles. The van der Waals surface area contributed by atoms with Crippen molar-refractivity contribution in [1.82, 2.24) is 4.90 Å². The first-order valence-electron chi connectivity index (χ1n) is 9.10. The number of rotatable bonds is 6. The average molecular weight is 348 g/mol. The van der Waals surface area contributed by atoms with Gasteiger partial charge in [0.15, 0.2) is 0 Å². The minimum absolute atomic E-state index is 0.143. The summed E-state index contributed by atoms with van der Waals surface area (Å²) in [6, 6.07) is 5.65. The summed E-state index contributed by atoms with van der Waals surface area (Å²) in [5, 5.41) is 2.95. The van der Waals surface area contributed by atoms with Crippen LogP contribution in [0.15, 0.2) is 18.2 Å². The van der Waals surface area contributed by atoms with Crippen LogP contribution in [0.3, 0.4) is 0 Å². The van der Waals surface area contributed by atoms with E-state index < -0.39 is 0 Å². The first-order chi connectivity index (χ1) is 12.1. The zero-order chi connectivity index (χ0) is 17.6. The van der Waals surface area contributed by atoms with Gasteiger partial charge in [-0.05, 0) is 50.3 Å². The summed E-state index contributed by atoms with van der Waals surface area (Å²) in [4.78, 5) is 14.1. The van der Waals surface area contributed by atoms with Crippen LogP contribution in [0.25, 0.3) is 0 Å². The Bertz CT molecular complexity index is 581. The third-order valence-electron chi connectivity index (χ3n) is 4.68. The van der Waals surface area contributed by atoms with Gasteiger partial charge in [-0.25, -0.2) is 4.79 Å². The number of likely N-dealkylation sites (N-methyl/N-ethyl adjacent to an activating group) is 1. The third-order valence-corrected chi connectivity index (χ3v) is 4.68. The number of nitrogens with zero attached hydrogens (tertiary/aromatic N) is 1. The maximum Gasteiger partial charge on any atom is 0.321 e. The van der Waals surface area contributed by atoms with E-state index in [0.29, 0.717) is 24.6 Å². The molecule has 3 rings (SSSR count). The van der Waals surface area contributed by atoms with Crippen LogP contribution in [0, 0.1) is 6.92 Å². The van der Waals surface area contributed by atoms with Crippen molar-refractivity contribution in [3.05, 3.63) is 23.8 Å². The third kappa shape index (κ3) is 5.09. The molecular weight excluding hydrogens is 320 g/mol. The standard InChI is InChI=1S/C19H28N2O4/c1-14-7-8-17(18(11-14)25-13-16-6-4-10-24-16)20-19(22)21(2)12-15-5-3-9-23-15/h7-8,11,15-16H,3-6,9-10,12-13H2,1-2H3,(H,20,22)/t15-,16-/m1/s1. The molecule has 2 amide bonds. The molecule has 2 aliphatic heterocycles. The van der Waals surface area contributed by atoms with Crippen molar-refractivity contribution in [2.24, 2.45) is 0 Å². The lowest BCUT2D eigenvalue weighted by atomic mass is 10.2. The fourth-order valence-corrected chi connectivity index (χ4v) is 3.20. The molecule has 0 bridgehead atoms. The number of nitrogens with one attached hydrogen (secondary N) is 1. The minimum Gasteiger partial charge on any atom is -0.489 e.